The van der Waals surface area contributed by atoms with Crippen molar-refractivity contribution in [2.45, 2.75) is 32.5 Å². The predicted molar refractivity (Wildman–Crippen MR) is 93.8 cm³/mol. The second kappa shape index (κ2) is 9.73. The molecule has 0 N–H and O–H groups in total. The molecule has 0 aliphatic heterocycles. The van der Waals surface area contributed by atoms with Gasteiger partial charge in [-0.15, -0.1) is 0 Å². The lowest BCUT2D eigenvalue weighted by Crippen LogP contribution is -2.17. The Labute approximate surface area is 140 Å². The van der Waals surface area contributed by atoms with E-state index in [2.05, 4.69) is 29.2 Å². The van der Waals surface area contributed by atoms with Crippen LogP contribution in [0.15, 0.2) is 46.6 Å². The molecule has 0 amide bonds. The molecule has 0 aliphatic rings. The summed E-state index contributed by atoms with van der Waals surface area (Å²) in [4.78, 5) is 11.6. The zero-order valence-corrected chi connectivity index (χ0v) is 14.6. The van der Waals surface area contributed by atoms with Crippen molar-refractivity contribution in [3.63, 3.8) is 0 Å². The molecule has 0 heterocycles. The summed E-state index contributed by atoms with van der Waals surface area (Å²) in [6.07, 6.45) is 2.34. The minimum absolute atomic E-state index is 0.0102. The molecule has 0 bridgehead atoms. The summed E-state index contributed by atoms with van der Waals surface area (Å²) in [5.41, 5.74) is 2.26. The van der Waals surface area contributed by atoms with Gasteiger partial charge in [0.15, 0.2) is 5.78 Å². The van der Waals surface area contributed by atoms with E-state index in [0.717, 1.165) is 17.7 Å². The molecule has 0 spiro atoms. The van der Waals surface area contributed by atoms with Gasteiger partial charge in [-0.25, -0.2) is 0 Å². The first-order valence-electron chi connectivity index (χ1n) is 6.74. The molecule has 1 rings (SSSR count). The normalized spacial score (nSPS) is 12.8. The van der Waals surface area contributed by atoms with Crippen molar-refractivity contribution < 1.29 is 14.3 Å². The van der Waals surface area contributed by atoms with Crippen LogP contribution in [0.25, 0.3) is 0 Å². The van der Waals surface area contributed by atoms with Crippen LogP contribution in [-0.4, -0.2) is 19.0 Å². The molecule has 3 nitrogen and oxygen atoms in total. The molecule has 0 saturated heterocycles. The van der Waals surface area contributed by atoms with Gasteiger partial charge in [-0.2, -0.15) is 0 Å². The molecule has 1 atom stereocenters. The largest absolute Gasteiger partial charge is 0.497 e. The maximum absolute atomic E-state index is 11.6. The first-order chi connectivity index (χ1) is 10.1. The maximum Gasteiger partial charge on any atom is 0.157 e. The highest BCUT2D eigenvalue weighted by atomic mass is 127. The summed E-state index contributed by atoms with van der Waals surface area (Å²) in [5, 5.41) is 0. The van der Waals surface area contributed by atoms with Crippen molar-refractivity contribution in [2.24, 2.45) is 0 Å². The Morgan fingerprint density at radius 2 is 2.00 bits per heavy atom. The summed E-state index contributed by atoms with van der Waals surface area (Å²) in [6.45, 7) is 6.03. The molecule has 0 fully saturated rings. The standard InChI is InChI=1S/C17H21IO3/c1-4-15(19)10-17(9-13(2)11-18)21-12-14-5-7-16(20-3)8-6-14/h4-8,11,17H,1,9-10,12H2,2-3H3/b13-11-/t17-/m0/s1. The second-order valence-corrected chi connectivity index (χ2v) is 5.44. The Morgan fingerprint density at radius 3 is 2.52 bits per heavy atom. The van der Waals surface area contributed by atoms with Crippen LogP contribution in [0.2, 0.25) is 0 Å². The zero-order chi connectivity index (χ0) is 15.7. The van der Waals surface area contributed by atoms with E-state index in [4.69, 9.17) is 9.47 Å². The molecule has 21 heavy (non-hydrogen) atoms. The van der Waals surface area contributed by atoms with Gasteiger partial charge in [-0.3, -0.25) is 4.79 Å². The fourth-order valence-electron chi connectivity index (χ4n) is 1.84. The minimum Gasteiger partial charge on any atom is -0.497 e. The van der Waals surface area contributed by atoms with E-state index in [9.17, 15) is 4.79 Å². The number of hydrogen-bond acceptors (Lipinski definition) is 3. The van der Waals surface area contributed by atoms with Crippen LogP contribution in [0, 0.1) is 0 Å². The van der Waals surface area contributed by atoms with Gasteiger partial charge in [-0.1, -0.05) is 46.9 Å². The summed E-state index contributed by atoms with van der Waals surface area (Å²) in [5.74, 6) is 0.830. The predicted octanol–water partition coefficient (Wildman–Crippen LogP) is 4.45. The molecule has 1 aromatic carbocycles. The van der Waals surface area contributed by atoms with E-state index >= 15 is 0 Å². The van der Waals surface area contributed by atoms with Crippen LogP contribution < -0.4 is 4.74 Å². The molecular weight excluding hydrogens is 379 g/mol. The molecular formula is C17H21IO3. The second-order valence-electron chi connectivity index (χ2n) is 4.82. The third-order valence-electron chi connectivity index (χ3n) is 3.04. The van der Waals surface area contributed by atoms with Crippen molar-refractivity contribution >= 4 is 28.4 Å². The van der Waals surface area contributed by atoms with Gasteiger partial charge in [-0.05, 0) is 41.2 Å². The number of hydrogen-bond donors (Lipinski definition) is 0. The number of carbonyl (C=O) groups excluding carboxylic acids is 1. The summed E-state index contributed by atoms with van der Waals surface area (Å²) in [7, 11) is 1.64. The van der Waals surface area contributed by atoms with Crippen LogP contribution in [0.4, 0.5) is 0 Å². The maximum atomic E-state index is 11.6. The molecule has 1 aromatic rings. The van der Waals surface area contributed by atoms with Crippen LogP contribution in [0.1, 0.15) is 25.3 Å². The number of methoxy groups -OCH3 is 1. The highest BCUT2D eigenvalue weighted by Crippen LogP contribution is 2.17. The fourth-order valence-corrected chi connectivity index (χ4v) is 2.09. The molecule has 0 saturated carbocycles. The monoisotopic (exact) mass is 400 g/mol. The molecule has 114 valence electrons. The molecule has 0 radical (unpaired) electrons. The van der Waals surface area contributed by atoms with Crippen molar-refractivity contribution in [1.29, 1.82) is 0 Å². The van der Waals surface area contributed by atoms with E-state index in [1.165, 1.54) is 11.6 Å². The average Bonchev–Trinajstić information content (AvgIpc) is 2.52. The van der Waals surface area contributed by atoms with Crippen molar-refractivity contribution in [2.75, 3.05) is 7.11 Å². The Hall–Kier alpha value is -1.14. The fraction of sp³-hybridized carbons (Fsp3) is 0.353. The number of rotatable bonds is 9. The third-order valence-corrected chi connectivity index (χ3v) is 4.10. The van der Waals surface area contributed by atoms with Crippen LogP contribution in [-0.2, 0) is 16.1 Å². The smallest absolute Gasteiger partial charge is 0.157 e. The van der Waals surface area contributed by atoms with Gasteiger partial charge < -0.3 is 9.47 Å². The number of carbonyl (C=O) groups is 1. The van der Waals surface area contributed by atoms with Crippen molar-refractivity contribution in [1.82, 2.24) is 0 Å². The summed E-state index contributed by atoms with van der Waals surface area (Å²) < 4.78 is 13.0. The first-order valence-corrected chi connectivity index (χ1v) is 7.99. The lowest BCUT2D eigenvalue weighted by atomic mass is 10.1. The Kier molecular flexibility index (Phi) is 8.30. The average molecular weight is 400 g/mol. The number of ether oxygens (including phenoxy) is 2. The summed E-state index contributed by atoms with van der Waals surface area (Å²) in [6, 6.07) is 7.73. The van der Waals surface area contributed by atoms with Crippen LogP contribution in [0.5, 0.6) is 5.75 Å². The van der Waals surface area contributed by atoms with Gasteiger partial charge in [0.1, 0.15) is 5.75 Å². The molecule has 4 heteroatoms. The Bertz CT molecular complexity index is 487. The quantitative estimate of drug-likeness (QED) is 0.454. The lowest BCUT2D eigenvalue weighted by Gasteiger charge is -2.17. The Balaban J connectivity index is 2.61. The van der Waals surface area contributed by atoms with E-state index in [1.54, 1.807) is 7.11 Å². The van der Waals surface area contributed by atoms with Gasteiger partial charge in [0.2, 0.25) is 0 Å². The van der Waals surface area contributed by atoms with E-state index in [0.29, 0.717) is 13.0 Å². The van der Waals surface area contributed by atoms with Gasteiger partial charge in [0.25, 0.3) is 0 Å². The molecule has 0 aliphatic carbocycles. The van der Waals surface area contributed by atoms with Crippen LogP contribution >= 0.6 is 22.6 Å². The highest BCUT2D eigenvalue weighted by molar-refractivity contribution is 14.1. The third kappa shape index (κ3) is 6.91. The zero-order valence-electron chi connectivity index (χ0n) is 12.5. The number of allylic oxidation sites excluding steroid dienone is 1. The molecule has 0 aromatic heterocycles. The SMILES string of the molecule is C=CC(=O)C[C@H](C/C(C)=C\I)OCc1ccc(OC)cc1. The van der Waals surface area contributed by atoms with E-state index in [-0.39, 0.29) is 11.9 Å². The number of benzene rings is 1. The lowest BCUT2D eigenvalue weighted by molar-refractivity contribution is -0.117. The van der Waals surface area contributed by atoms with Crippen LogP contribution in [0.3, 0.4) is 0 Å². The minimum atomic E-state index is -0.122. The van der Waals surface area contributed by atoms with Crippen molar-refractivity contribution in [3.8, 4) is 5.75 Å². The number of halogens is 1. The molecule has 0 unspecified atom stereocenters. The van der Waals surface area contributed by atoms with E-state index in [1.807, 2.05) is 35.3 Å². The van der Waals surface area contributed by atoms with Gasteiger partial charge >= 0.3 is 0 Å². The topological polar surface area (TPSA) is 35.5 Å². The van der Waals surface area contributed by atoms with Crippen molar-refractivity contribution in [3.05, 3.63) is 52.1 Å². The van der Waals surface area contributed by atoms with E-state index < -0.39 is 0 Å². The van der Waals surface area contributed by atoms with Gasteiger partial charge in [0, 0.05) is 6.42 Å². The number of ketones is 1. The Morgan fingerprint density at radius 1 is 1.33 bits per heavy atom. The highest BCUT2D eigenvalue weighted by Gasteiger charge is 2.13. The summed E-state index contributed by atoms with van der Waals surface area (Å²) >= 11 is 2.20. The first kappa shape index (κ1) is 17.9. The van der Waals surface area contributed by atoms with Gasteiger partial charge in [0.05, 0.1) is 19.8 Å².